The van der Waals surface area contributed by atoms with E-state index < -0.39 is 17.1 Å². The third-order valence-corrected chi connectivity index (χ3v) is 5.34. The minimum atomic E-state index is -0.637. The second kappa shape index (κ2) is 9.49. The van der Waals surface area contributed by atoms with Gasteiger partial charge in [-0.3, -0.25) is 9.59 Å². The molecule has 1 atom stereocenters. The summed E-state index contributed by atoms with van der Waals surface area (Å²) >= 11 is 0. The van der Waals surface area contributed by atoms with Crippen LogP contribution in [0.3, 0.4) is 0 Å². The second-order valence-electron chi connectivity index (χ2n) is 9.39. The highest BCUT2D eigenvalue weighted by atomic mass is 16.6. The van der Waals surface area contributed by atoms with E-state index in [1.807, 2.05) is 45.9 Å². The zero-order chi connectivity index (χ0) is 22.5. The van der Waals surface area contributed by atoms with Gasteiger partial charge in [0, 0.05) is 45.8 Å². The van der Waals surface area contributed by atoms with E-state index in [0.717, 1.165) is 12.8 Å². The van der Waals surface area contributed by atoms with Crippen LogP contribution in [0.25, 0.3) is 0 Å². The summed E-state index contributed by atoms with van der Waals surface area (Å²) in [5.41, 5.74) is -0.555. The van der Waals surface area contributed by atoms with Crippen LogP contribution in [0.5, 0.6) is 0 Å². The minimum Gasteiger partial charge on any atom is -0.444 e. The number of piperidine rings is 1. The first kappa shape index (κ1) is 23.7. The van der Waals surface area contributed by atoms with Crippen molar-refractivity contribution in [2.45, 2.75) is 46.1 Å². The largest absolute Gasteiger partial charge is 0.444 e. The lowest BCUT2D eigenvalue weighted by molar-refractivity contribution is -0.142. The van der Waals surface area contributed by atoms with Gasteiger partial charge in [0.2, 0.25) is 5.91 Å². The lowest BCUT2D eigenvalue weighted by Crippen LogP contribution is -2.53. The van der Waals surface area contributed by atoms with Gasteiger partial charge in [0.25, 0.3) is 5.91 Å². The first-order valence-electron chi connectivity index (χ1n) is 10.5. The van der Waals surface area contributed by atoms with Gasteiger partial charge in [-0.25, -0.2) is 4.79 Å². The summed E-state index contributed by atoms with van der Waals surface area (Å²) in [5.74, 6) is -0.0488. The van der Waals surface area contributed by atoms with Crippen molar-refractivity contribution < 1.29 is 19.1 Å². The number of likely N-dealkylation sites (N-methyl/N-ethyl adjacent to an activating group) is 2. The molecule has 1 aromatic rings. The molecule has 1 fully saturated rings. The molecule has 0 radical (unpaired) electrons. The Morgan fingerprint density at radius 3 is 2.27 bits per heavy atom. The number of carbonyl (C=O) groups excluding carboxylic acids is 3. The lowest BCUT2D eigenvalue weighted by atomic mass is 9.80. The number of ether oxygens (including phenoxy) is 1. The predicted molar refractivity (Wildman–Crippen MR) is 116 cm³/mol. The zero-order valence-corrected chi connectivity index (χ0v) is 19.1. The number of hydrogen-bond acceptors (Lipinski definition) is 4. The predicted octanol–water partition coefficient (Wildman–Crippen LogP) is 3.25. The molecule has 1 saturated heterocycles. The Balaban J connectivity index is 1.95. The van der Waals surface area contributed by atoms with Gasteiger partial charge in [0.15, 0.2) is 0 Å². The summed E-state index contributed by atoms with van der Waals surface area (Å²) in [7, 11) is 3.41. The summed E-state index contributed by atoms with van der Waals surface area (Å²) in [4.78, 5) is 43.0. The number of rotatable bonds is 5. The Morgan fingerprint density at radius 1 is 1.07 bits per heavy atom. The van der Waals surface area contributed by atoms with Crippen LogP contribution in [-0.4, -0.2) is 78.5 Å². The summed E-state index contributed by atoms with van der Waals surface area (Å²) in [6.45, 7) is 9.21. The van der Waals surface area contributed by atoms with Gasteiger partial charge in [0.05, 0.1) is 5.41 Å². The highest BCUT2D eigenvalue weighted by molar-refractivity contribution is 5.95. The molecule has 1 aromatic carbocycles. The minimum absolute atomic E-state index is 0.00866. The molecule has 0 aliphatic carbocycles. The number of amides is 3. The van der Waals surface area contributed by atoms with Crippen molar-refractivity contribution in [1.29, 1.82) is 0 Å². The van der Waals surface area contributed by atoms with Crippen LogP contribution in [0.15, 0.2) is 30.3 Å². The summed E-state index contributed by atoms with van der Waals surface area (Å²) in [6.07, 6.45) is 1.11. The van der Waals surface area contributed by atoms with Crippen molar-refractivity contribution in [2.75, 3.05) is 40.3 Å². The van der Waals surface area contributed by atoms with Crippen molar-refractivity contribution in [1.82, 2.24) is 14.7 Å². The summed E-state index contributed by atoms with van der Waals surface area (Å²) < 4.78 is 5.35. The molecule has 0 aromatic heterocycles. The van der Waals surface area contributed by atoms with Gasteiger partial charge in [-0.1, -0.05) is 18.2 Å². The molecule has 3 amide bonds. The monoisotopic (exact) mass is 417 g/mol. The Morgan fingerprint density at radius 2 is 1.67 bits per heavy atom. The van der Waals surface area contributed by atoms with Gasteiger partial charge in [-0.05, 0) is 52.7 Å². The van der Waals surface area contributed by atoms with E-state index in [1.165, 1.54) is 4.90 Å². The fraction of sp³-hybridized carbons (Fsp3) is 0.609. The highest BCUT2D eigenvalue weighted by Gasteiger charge is 2.41. The van der Waals surface area contributed by atoms with Crippen LogP contribution >= 0.6 is 0 Å². The van der Waals surface area contributed by atoms with Crippen molar-refractivity contribution in [3.05, 3.63) is 35.9 Å². The zero-order valence-electron chi connectivity index (χ0n) is 19.1. The molecule has 1 heterocycles. The van der Waals surface area contributed by atoms with Gasteiger partial charge in [0.1, 0.15) is 5.60 Å². The number of carbonyl (C=O) groups is 3. The fourth-order valence-corrected chi connectivity index (χ4v) is 3.64. The third kappa shape index (κ3) is 6.21. The van der Waals surface area contributed by atoms with Gasteiger partial charge in [-0.15, -0.1) is 0 Å². The quantitative estimate of drug-likeness (QED) is 0.737. The van der Waals surface area contributed by atoms with Crippen LogP contribution in [0.1, 0.15) is 50.9 Å². The summed E-state index contributed by atoms with van der Waals surface area (Å²) in [6, 6.07) is 9.17. The normalized spacial score (nSPS) is 19.2. The van der Waals surface area contributed by atoms with Gasteiger partial charge in [-0.2, -0.15) is 0 Å². The second-order valence-corrected chi connectivity index (χ2v) is 9.39. The van der Waals surface area contributed by atoms with Crippen molar-refractivity contribution in [2.24, 2.45) is 5.41 Å². The van der Waals surface area contributed by atoms with Gasteiger partial charge < -0.3 is 19.4 Å². The third-order valence-electron chi connectivity index (χ3n) is 5.34. The number of benzene rings is 1. The molecule has 1 aliphatic heterocycles. The number of hydrogen-bond donors (Lipinski definition) is 0. The lowest BCUT2D eigenvalue weighted by Gasteiger charge is -2.41. The highest BCUT2D eigenvalue weighted by Crippen LogP contribution is 2.32. The van der Waals surface area contributed by atoms with Crippen LogP contribution in [-0.2, 0) is 9.53 Å². The molecular formula is C23H35N3O4. The smallest absolute Gasteiger partial charge is 0.410 e. The molecule has 0 spiro atoms. The average molecular weight is 418 g/mol. The van der Waals surface area contributed by atoms with E-state index in [-0.39, 0.29) is 11.8 Å². The molecule has 7 heteroatoms. The van der Waals surface area contributed by atoms with E-state index in [2.05, 4.69) is 0 Å². The van der Waals surface area contributed by atoms with Crippen LogP contribution in [0.2, 0.25) is 0 Å². The molecule has 1 aliphatic rings. The maximum absolute atomic E-state index is 13.2. The van der Waals surface area contributed by atoms with Crippen LogP contribution < -0.4 is 0 Å². The Bertz CT molecular complexity index is 759. The van der Waals surface area contributed by atoms with Crippen LogP contribution in [0.4, 0.5) is 4.79 Å². The Labute approximate surface area is 180 Å². The molecule has 7 nitrogen and oxygen atoms in total. The molecule has 0 saturated carbocycles. The van der Waals surface area contributed by atoms with Crippen LogP contribution in [0, 0.1) is 5.41 Å². The standard InChI is InChI=1S/C23H35N3O4/c1-22(2,3)30-21(29)25(6)16-15-24(5)20(28)23(4)13-10-14-26(17-23)19(27)18-11-8-7-9-12-18/h7-9,11-12H,10,13-17H2,1-6H3/t23-/m1/s1. The molecule has 166 valence electrons. The van der Waals surface area contributed by atoms with E-state index in [9.17, 15) is 14.4 Å². The average Bonchev–Trinajstić information content (AvgIpc) is 2.70. The van der Waals surface area contributed by atoms with Crippen molar-refractivity contribution in [3.63, 3.8) is 0 Å². The first-order chi connectivity index (χ1) is 13.9. The van der Waals surface area contributed by atoms with E-state index in [1.54, 1.807) is 36.0 Å². The molecule has 2 rings (SSSR count). The van der Waals surface area contributed by atoms with Gasteiger partial charge >= 0.3 is 6.09 Å². The number of likely N-dealkylation sites (tertiary alicyclic amines) is 1. The van der Waals surface area contributed by atoms with Crippen molar-refractivity contribution in [3.8, 4) is 0 Å². The molecule has 0 bridgehead atoms. The maximum Gasteiger partial charge on any atom is 0.410 e. The molecular weight excluding hydrogens is 382 g/mol. The number of nitrogens with zero attached hydrogens (tertiary/aromatic N) is 3. The summed E-state index contributed by atoms with van der Waals surface area (Å²) in [5, 5.41) is 0. The van der Waals surface area contributed by atoms with E-state index in [0.29, 0.717) is 31.7 Å². The Hall–Kier alpha value is -2.57. The molecule has 30 heavy (non-hydrogen) atoms. The molecule has 0 N–H and O–H groups in total. The van der Waals surface area contributed by atoms with E-state index in [4.69, 9.17) is 4.74 Å². The van der Waals surface area contributed by atoms with E-state index >= 15 is 0 Å². The molecule has 0 unspecified atom stereocenters. The first-order valence-corrected chi connectivity index (χ1v) is 10.5. The van der Waals surface area contributed by atoms with Crippen molar-refractivity contribution >= 4 is 17.9 Å². The Kier molecular flexibility index (Phi) is 7.50. The SMILES string of the molecule is CN(CCN(C)C(=O)[C@]1(C)CCCN(C(=O)c2ccccc2)C1)C(=O)OC(C)(C)C. The topological polar surface area (TPSA) is 70.2 Å². The fourth-order valence-electron chi connectivity index (χ4n) is 3.64. The maximum atomic E-state index is 13.2.